The van der Waals surface area contributed by atoms with Gasteiger partial charge in [0.05, 0.1) is 5.69 Å². The Bertz CT molecular complexity index is 2460. The van der Waals surface area contributed by atoms with Crippen LogP contribution in [0, 0.1) is 0 Å². The number of hydrogen-bond donors (Lipinski definition) is 0. The normalized spacial score (nSPS) is 13.0. The molecule has 0 saturated carbocycles. The molecule has 0 bridgehead atoms. The second-order valence-electron chi connectivity index (χ2n) is 13.3. The third kappa shape index (κ3) is 4.39. The number of nitrogens with zero attached hydrogens (tertiary/aromatic N) is 1. The number of rotatable bonds is 5. The maximum atomic E-state index is 2.51. The van der Waals surface area contributed by atoms with E-state index in [1.165, 1.54) is 71.7 Å². The zero-order valence-electron chi connectivity index (χ0n) is 27.2. The van der Waals surface area contributed by atoms with Crippen molar-refractivity contribution in [2.75, 3.05) is 4.90 Å². The van der Waals surface area contributed by atoms with Gasteiger partial charge in [-0.25, -0.2) is 0 Å². The number of fused-ring (bicyclic) bond motifs is 6. The van der Waals surface area contributed by atoms with Crippen molar-refractivity contribution in [2.24, 2.45) is 0 Å². The van der Waals surface area contributed by atoms with Crippen LogP contribution in [0.3, 0.4) is 0 Å². The van der Waals surface area contributed by atoms with Gasteiger partial charge >= 0.3 is 0 Å². The molecule has 48 heavy (non-hydrogen) atoms. The molecule has 0 atom stereocenters. The smallest absolute Gasteiger partial charge is 0.0624 e. The van der Waals surface area contributed by atoms with Gasteiger partial charge < -0.3 is 4.90 Å². The summed E-state index contributed by atoms with van der Waals surface area (Å²) in [6.07, 6.45) is 0. The van der Waals surface area contributed by atoms with E-state index in [0.717, 1.165) is 11.4 Å². The van der Waals surface area contributed by atoms with Crippen LogP contribution in [0.15, 0.2) is 176 Å². The van der Waals surface area contributed by atoms with E-state index in [1.807, 2.05) is 0 Å². The van der Waals surface area contributed by atoms with E-state index in [1.54, 1.807) is 0 Å². The lowest BCUT2D eigenvalue weighted by atomic mass is 9.82. The van der Waals surface area contributed by atoms with E-state index in [9.17, 15) is 0 Å². The van der Waals surface area contributed by atoms with Gasteiger partial charge in [-0.15, -0.1) is 0 Å². The first-order valence-electron chi connectivity index (χ1n) is 16.8. The van der Waals surface area contributed by atoms with Crippen LogP contribution < -0.4 is 4.90 Å². The monoisotopic (exact) mass is 613 g/mol. The molecule has 8 aromatic carbocycles. The van der Waals surface area contributed by atoms with Crippen molar-refractivity contribution in [1.29, 1.82) is 0 Å². The topological polar surface area (TPSA) is 3.24 Å². The summed E-state index contributed by atoms with van der Waals surface area (Å²) in [7, 11) is 0. The fourth-order valence-electron chi connectivity index (χ4n) is 7.92. The Kier molecular flexibility index (Phi) is 6.55. The molecule has 0 unspecified atom stereocenters. The molecule has 228 valence electrons. The fraction of sp³-hybridized carbons (Fsp3) is 0.0638. The maximum absolute atomic E-state index is 2.51. The van der Waals surface area contributed by atoms with Gasteiger partial charge in [-0.05, 0) is 79.4 Å². The van der Waals surface area contributed by atoms with Crippen LogP contribution >= 0.6 is 0 Å². The Balaban J connectivity index is 1.37. The van der Waals surface area contributed by atoms with Crippen molar-refractivity contribution in [2.45, 2.75) is 19.3 Å². The van der Waals surface area contributed by atoms with Gasteiger partial charge in [-0.2, -0.15) is 0 Å². The summed E-state index contributed by atoms with van der Waals surface area (Å²) in [5.74, 6) is 0. The summed E-state index contributed by atoms with van der Waals surface area (Å²) in [5, 5.41) is 4.99. The number of anilines is 3. The van der Waals surface area contributed by atoms with Gasteiger partial charge in [0, 0.05) is 27.7 Å². The van der Waals surface area contributed by atoms with Crippen molar-refractivity contribution >= 4 is 38.6 Å². The molecule has 0 amide bonds. The molecule has 0 saturated heterocycles. The zero-order valence-corrected chi connectivity index (χ0v) is 27.2. The van der Waals surface area contributed by atoms with Crippen molar-refractivity contribution in [1.82, 2.24) is 0 Å². The predicted molar refractivity (Wildman–Crippen MR) is 205 cm³/mol. The molecule has 0 fully saturated rings. The van der Waals surface area contributed by atoms with Crippen molar-refractivity contribution < 1.29 is 0 Å². The zero-order chi connectivity index (χ0) is 32.2. The molecule has 0 heterocycles. The highest BCUT2D eigenvalue weighted by Crippen LogP contribution is 2.53. The van der Waals surface area contributed by atoms with Gasteiger partial charge in [0.1, 0.15) is 0 Å². The van der Waals surface area contributed by atoms with Gasteiger partial charge in [0.15, 0.2) is 0 Å². The summed E-state index contributed by atoms with van der Waals surface area (Å²) in [6, 6.07) is 64.4. The molecule has 0 aromatic heterocycles. The second-order valence-corrected chi connectivity index (χ2v) is 13.3. The fourth-order valence-corrected chi connectivity index (χ4v) is 7.92. The van der Waals surface area contributed by atoms with Crippen molar-refractivity contribution in [3.63, 3.8) is 0 Å². The Morgan fingerprint density at radius 3 is 1.58 bits per heavy atom. The molecule has 0 N–H and O–H groups in total. The quantitative estimate of drug-likeness (QED) is 0.175. The van der Waals surface area contributed by atoms with E-state index in [2.05, 4.69) is 195 Å². The first-order chi connectivity index (χ1) is 23.6. The van der Waals surface area contributed by atoms with Crippen LogP contribution in [0.25, 0.3) is 54.9 Å². The van der Waals surface area contributed by atoms with Crippen LogP contribution in [0.2, 0.25) is 0 Å². The Hall–Kier alpha value is -5.92. The third-order valence-electron chi connectivity index (χ3n) is 10.2. The maximum Gasteiger partial charge on any atom is 0.0624 e. The Labute approximate surface area is 282 Å². The van der Waals surface area contributed by atoms with Crippen LogP contribution in [0.4, 0.5) is 17.1 Å². The lowest BCUT2D eigenvalue weighted by Gasteiger charge is -2.32. The highest BCUT2D eigenvalue weighted by molar-refractivity contribution is 6.22. The van der Waals surface area contributed by atoms with Gasteiger partial charge in [0.2, 0.25) is 0 Å². The molecule has 1 heteroatoms. The SMILES string of the molecule is CC1(C)c2ccccc2-c2ccc(N(c3ccc(-c4ccccc4)cc3)c3c(-c4ccccc4)c4ccccc4c4ccccc34)cc21. The standard InChI is InChI=1S/C47H35N/c1-47(2)43-24-14-13-21-39(43)40-30-29-36(31-44(40)47)48(35-27-25-33(26-28-35)32-15-5-3-6-16-32)46-42-23-12-10-20-38(42)37-19-9-11-22-41(37)45(46)34-17-7-4-8-18-34/h3-31H,1-2H3. The van der Waals surface area contributed by atoms with Crippen LogP contribution in [0.1, 0.15) is 25.0 Å². The number of benzene rings is 8. The van der Waals surface area contributed by atoms with E-state index >= 15 is 0 Å². The lowest BCUT2D eigenvalue weighted by molar-refractivity contribution is 0.660. The largest absolute Gasteiger partial charge is 0.309 e. The lowest BCUT2D eigenvalue weighted by Crippen LogP contribution is -2.17. The summed E-state index contributed by atoms with van der Waals surface area (Å²) < 4.78 is 0. The summed E-state index contributed by atoms with van der Waals surface area (Å²) >= 11 is 0. The summed E-state index contributed by atoms with van der Waals surface area (Å²) in [6.45, 7) is 4.72. The minimum Gasteiger partial charge on any atom is -0.309 e. The second kappa shape index (κ2) is 11.1. The molecule has 0 spiro atoms. The molecule has 0 aliphatic heterocycles. The average Bonchev–Trinajstić information content (AvgIpc) is 3.38. The molecule has 1 aliphatic rings. The Morgan fingerprint density at radius 2 is 0.875 bits per heavy atom. The molecular formula is C47H35N. The van der Waals surface area contributed by atoms with E-state index in [4.69, 9.17) is 0 Å². The summed E-state index contributed by atoms with van der Waals surface area (Å²) in [4.78, 5) is 2.51. The first kappa shape index (κ1) is 28.3. The average molecular weight is 614 g/mol. The third-order valence-corrected chi connectivity index (χ3v) is 10.2. The molecule has 0 radical (unpaired) electrons. The van der Waals surface area contributed by atoms with Gasteiger partial charge in [-0.1, -0.05) is 166 Å². The molecule has 9 rings (SSSR count). The van der Waals surface area contributed by atoms with Crippen LogP contribution in [-0.4, -0.2) is 0 Å². The van der Waals surface area contributed by atoms with Crippen molar-refractivity contribution in [3.05, 3.63) is 187 Å². The minimum absolute atomic E-state index is 0.113. The Morgan fingerprint density at radius 1 is 0.375 bits per heavy atom. The predicted octanol–water partition coefficient (Wildman–Crippen LogP) is 13.1. The van der Waals surface area contributed by atoms with Gasteiger partial charge in [-0.3, -0.25) is 0 Å². The van der Waals surface area contributed by atoms with E-state index < -0.39 is 0 Å². The van der Waals surface area contributed by atoms with Crippen LogP contribution in [-0.2, 0) is 5.41 Å². The van der Waals surface area contributed by atoms with Crippen LogP contribution in [0.5, 0.6) is 0 Å². The molecule has 8 aromatic rings. The van der Waals surface area contributed by atoms with Gasteiger partial charge in [0.25, 0.3) is 0 Å². The van der Waals surface area contributed by atoms with Crippen molar-refractivity contribution in [3.8, 4) is 33.4 Å². The highest BCUT2D eigenvalue weighted by Gasteiger charge is 2.36. The number of hydrogen-bond acceptors (Lipinski definition) is 1. The summed E-state index contributed by atoms with van der Waals surface area (Å²) in [5.41, 5.74) is 13.6. The molecular weight excluding hydrogens is 579 g/mol. The van der Waals surface area contributed by atoms with E-state index in [0.29, 0.717) is 0 Å². The highest BCUT2D eigenvalue weighted by atomic mass is 15.1. The van der Waals surface area contributed by atoms with E-state index in [-0.39, 0.29) is 5.41 Å². The molecule has 1 nitrogen and oxygen atoms in total. The minimum atomic E-state index is -0.113. The first-order valence-corrected chi connectivity index (χ1v) is 16.8. The molecule has 1 aliphatic carbocycles.